The number of rotatable bonds is 2. The van der Waals surface area contributed by atoms with Crippen LogP contribution in [0.5, 0.6) is 0 Å². The first-order chi connectivity index (χ1) is 7.27. The van der Waals surface area contributed by atoms with Crippen LogP contribution in [0.4, 0.5) is 0 Å². The van der Waals surface area contributed by atoms with E-state index in [0.717, 1.165) is 5.56 Å². The summed E-state index contributed by atoms with van der Waals surface area (Å²) in [6.45, 7) is 0. The summed E-state index contributed by atoms with van der Waals surface area (Å²) < 4.78 is 0. The quantitative estimate of drug-likeness (QED) is 0.535. The highest BCUT2D eigenvalue weighted by Crippen LogP contribution is 2.16. The zero-order valence-electron chi connectivity index (χ0n) is 9.01. The van der Waals surface area contributed by atoms with Crippen molar-refractivity contribution in [1.29, 1.82) is 0 Å². The minimum atomic E-state index is 1.15. The second-order valence-electron chi connectivity index (χ2n) is 3.66. The van der Waals surface area contributed by atoms with E-state index in [-0.39, 0.29) is 0 Å². The van der Waals surface area contributed by atoms with E-state index in [9.17, 15) is 0 Å². The predicted molar refractivity (Wildman–Crippen MR) is 65.2 cm³/mol. The second-order valence-corrected chi connectivity index (χ2v) is 3.66. The molecule has 0 saturated heterocycles. The molecular formula is C13H14N2. The molecule has 0 aromatic heterocycles. The summed E-state index contributed by atoms with van der Waals surface area (Å²) in [5.41, 5.74) is 1.15. The molecule has 0 atom stereocenters. The molecule has 0 saturated carbocycles. The van der Waals surface area contributed by atoms with E-state index in [4.69, 9.17) is 0 Å². The van der Waals surface area contributed by atoms with Crippen molar-refractivity contribution < 1.29 is 0 Å². The fraction of sp³-hybridized carbons (Fsp3) is 0.154. The van der Waals surface area contributed by atoms with Crippen LogP contribution in [0.15, 0.2) is 47.6 Å². The highest BCUT2D eigenvalue weighted by Gasteiger charge is 1.96. The molecule has 2 heteroatoms. The van der Waals surface area contributed by atoms with Crippen LogP contribution >= 0.6 is 0 Å². The summed E-state index contributed by atoms with van der Waals surface area (Å²) >= 11 is 0. The maximum absolute atomic E-state index is 4.25. The number of fused-ring (bicyclic) bond motifs is 1. The molecule has 0 fully saturated rings. The van der Waals surface area contributed by atoms with Gasteiger partial charge in [0.05, 0.1) is 6.21 Å². The third kappa shape index (κ3) is 2.15. The molecule has 0 aliphatic rings. The zero-order chi connectivity index (χ0) is 10.7. The van der Waals surface area contributed by atoms with Crippen molar-refractivity contribution in [2.45, 2.75) is 0 Å². The Labute approximate surface area is 89.8 Å². The van der Waals surface area contributed by atoms with Gasteiger partial charge in [0, 0.05) is 19.7 Å². The van der Waals surface area contributed by atoms with Crippen LogP contribution in [-0.4, -0.2) is 25.3 Å². The van der Waals surface area contributed by atoms with Gasteiger partial charge < -0.3 is 5.01 Å². The van der Waals surface area contributed by atoms with Crippen LogP contribution in [0.1, 0.15) is 5.56 Å². The predicted octanol–water partition coefficient (Wildman–Crippen LogP) is 2.74. The number of hydrazone groups is 1. The molecule has 0 radical (unpaired) electrons. The number of nitrogens with zero attached hydrogens (tertiary/aromatic N) is 2. The molecule has 0 spiro atoms. The van der Waals surface area contributed by atoms with Crippen LogP contribution in [0.3, 0.4) is 0 Å². The smallest absolute Gasteiger partial charge is 0.0548 e. The number of benzene rings is 2. The molecule has 0 aliphatic carbocycles. The summed E-state index contributed by atoms with van der Waals surface area (Å²) in [7, 11) is 3.84. The molecule has 0 amide bonds. The molecule has 0 N–H and O–H groups in total. The van der Waals surface area contributed by atoms with E-state index in [2.05, 4.69) is 47.6 Å². The van der Waals surface area contributed by atoms with Crippen LogP contribution in [0, 0.1) is 0 Å². The largest absolute Gasteiger partial charge is 0.303 e. The van der Waals surface area contributed by atoms with Gasteiger partial charge in [0.1, 0.15) is 0 Å². The van der Waals surface area contributed by atoms with E-state index in [1.54, 1.807) is 5.01 Å². The molecule has 76 valence electrons. The van der Waals surface area contributed by atoms with Crippen molar-refractivity contribution >= 4 is 17.0 Å². The maximum Gasteiger partial charge on any atom is 0.0548 e. The summed E-state index contributed by atoms with van der Waals surface area (Å²) in [6, 6.07) is 14.6. The lowest BCUT2D eigenvalue weighted by Crippen LogP contribution is -2.02. The Kier molecular flexibility index (Phi) is 2.68. The van der Waals surface area contributed by atoms with Gasteiger partial charge in [-0.3, -0.25) is 0 Å². The van der Waals surface area contributed by atoms with E-state index >= 15 is 0 Å². The first-order valence-electron chi connectivity index (χ1n) is 4.96. The molecule has 2 aromatic carbocycles. The lowest BCUT2D eigenvalue weighted by molar-refractivity contribution is 0.440. The van der Waals surface area contributed by atoms with Crippen molar-refractivity contribution in [3.8, 4) is 0 Å². The Morgan fingerprint density at radius 2 is 1.73 bits per heavy atom. The van der Waals surface area contributed by atoms with Gasteiger partial charge in [0.2, 0.25) is 0 Å². The number of hydrogen-bond donors (Lipinski definition) is 0. The molecule has 15 heavy (non-hydrogen) atoms. The first-order valence-corrected chi connectivity index (χ1v) is 4.96. The average Bonchev–Trinajstić information content (AvgIpc) is 2.26. The molecule has 0 heterocycles. The Morgan fingerprint density at radius 3 is 2.53 bits per heavy atom. The van der Waals surface area contributed by atoms with E-state index in [0.29, 0.717) is 0 Å². The molecule has 0 aliphatic heterocycles. The van der Waals surface area contributed by atoms with Crippen LogP contribution in [0.2, 0.25) is 0 Å². The van der Waals surface area contributed by atoms with Gasteiger partial charge in [0.15, 0.2) is 0 Å². The normalized spacial score (nSPS) is 11.1. The topological polar surface area (TPSA) is 15.6 Å². The van der Waals surface area contributed by atoms with Crippen molar-refractivity contribution in [3.63, 3.8) is 0 Å². The average molecular weight is 198 g/mol. The van der Waals surface area contributed by atoms with Crippen molar-refractivity contribution in [1.82, 2.24) is 5.01 Å². The van der Waals surface area contributed by atoms with Gasteiger partial charge in [-0.2, -0.15) is 5.10 Å². The third-order valence-corrected chi connectivity index (χ3v) is 2.25. The standard InChI is InChI=1S/C13H14N2/c1-15(2)14-10-12-8-5-7-11-6-3-4-9-13(11)12/h3-10H,1-2H3. The molecule has 2 aromatic rings. The Bertz CT molecular complexity index is 481. The molecule has 2 rings (SSSR count). The van der Waals surface area contributed by atoms with Gasteiger partial charge in [-0.05, 0) is 10.8 Å². The van der Waals surface area contributed by atoms with Crippen molar-refractivity contribution in [3.05, 3.63) is 48.0 Å². The van der Waals surface area contributed by atoms with Gasteiger partial charge in [0.25, 0.3) is 0 Å². The summed E-state index contributed by atoms with van der Waals surface area (Å²) in [5.74, 6) is 0. The lowest BCUT2D eigenvalue weighted by Gasteiger charge is -2.04. The van der Waals surface area contributed by atoms with E-state index in [1.165, 1.54) is 10.8 Å². The van der Waals surface area contributed by atoms with Gasteiger partial charge >= 0.3 is 0 Å². The van der Waals surface area contributed by atoms with Crippen LogP contribution in [-0.2, 0) is 0 Å². The molecule has 0 unspecified atom stereocenters. The highest BCUT2D eigenvalue weighted by molar-refractivity contribution is 5.99. The Morgan fingerprint density at radius 1 is 1.00 bits per heavy atom. The highest BCUT2D eigenvalue weighted by atomic mass is 15.4. The van der Waals surface area contributed by atoms with Gasteiger partial charge in [-0.1, -0.05) is 42.5 Å². The van der Waals surface area contributed by atoms with Gasteiger partial charge in [-0.15, -0.1) is 0 Å². The SMILES string of the molecule is CN(C)N=Cc1cccc2ccccc12. The first kappa shape index (κ1) is 9.71. The summed E-state index contributed by atoms with van der Waals surface area (Å²) in [6.07, 6.45) is 1.89. The monoisotopic (exact) mass is 198 g/mol. The number of hydrogen-bond acceptors (Lipinski definition) is 2. The second kappa shape index (κ2) is 4.13. The fourth-order valence-corrected chi connectivity index (χ4v) is 1.54. The zero-order valence-corrected chi connectivity index (χ0v) is 9.01. The van der Waals surface area contributed by atoms with Crippen LogP contribution in [0.25, 0.3) is 10.8 Å². The fourth-order valence-electron chi connectivity index (χ4n) is 1.54. The van der Waals surface area contributed by atoms with E-state index in [1.807, 2.05) is 20.3 Å². The van der Waals surface area contributed by atoms with Crippen molar-refractivity contribution in [2.24, 2.45) is 5.10 Å². The van der Waals surface area contributed by atoms with Crippen molar-refractivity contribution in [2.75, 3.05) is 14.1 Å². The van der Waals surface area contributed by atoms with Gasteiger partial charge in [-0.25, -0.2) is 0 Å². The molecular weight excluding hydrogens is 184 g/mol. The lowest BCUT2D eigenvalue weighted by atomic mass is 10.1. The third-order valence-electron chi connectivity index (χ3n) is 2.25. The molecule has 0 bridgehead atoms. The van der Waals surface area contributed by atoms with Crippen LogP contribution < -0.4 is 0 Å². The van der Waals surface area contributed by atoms with E-state index < -0.39 is 0 Å². The Balaban J connectivity index is 2.51. The minimum Gasteiger partial charge on any atom is -0.303 e. The minimum absolute atomic E-state index is 1.15. The summed E-state index contributed by atoms with van der Waals surface area (Å²) in [5, 5.41) is 8.54. The molecule has 2 nitrogen and oxygen atoms in total. The summed E-state index contributed by atoms with van der Waals surface area (Å²) in [4.78, 5) is 0. The maximum atomic E-state index is 4.25. The Hall–Kier alpha value is -1.83.